The first-order valence-corrected chi connectivity index (χ1v) is 16.8. The number of anilines is 1. The summed E-state index contributed by atoms with van der Waals surface area (Å²) in [7, 11) is -4.42. The Morgan fingerprint density at radius 1 is 0.978 bits per heavy atom. The van der Waals surface area contributed by atoms with Gasteiger partial charge in [-0.15, -0.1) is 11.3 Å². The molecule has 11 nitrogen and oxygen atoms in total. The number of amides is 1. The first-order valence-electron chi connectivity index (χ1n) is 14.5. The van der Waals surface area contributed by atoms with Crippen molar-refractivity contribution in [2.45, 2.75) is 76.4 Å². The molecule has 13 heteroatoms. The number of carboxylic acid groups (broad SMARTS) is 1. The Labute approximate surface area is 273 Å². The van der Waals surface area contributed by atoms with Gasteiger partial charge < -0.3 is 15.6 Å². The third-order valence-electron chi connectivity index (χ3n) is 7.00. The third-order valence-corrected chi connectivity index (χ3v) is 10.1. The van der Waals surface area contributed by atoms with Crippen LogP contribution in [0.4, 0.5) is 10.6 Å². The molecule has 0 fully saturated rings. The zero-order chi connectivity index (χ0) is 34.1. The molecule has 0 aliphatic rings. The van der Waals surface area contributed by atoms with Gasteiger partial charge in [-0.3, -0.25) is 0 Å². The average Bonchev–Trinajstić information content (AvgIpc) is 3.41. The molecular formula is C33H39N5O6S2. The van der Waals surface area contributed by atoms with Crippen LogP contribution in [0.15, 0.2) is 78.1 Å². The average molecular weight is 666 g/mol. The summed E-state index contributed by atoms with van der Waals surface area (Å²) in [4.78, 5) is 39.1. The van der Waals surface area contributed by atoms with Gasteiger partial charge in [0.15, 0.2) is 9.90 Å². The van der Waals surface area contributed by atoms with Gasteiger partial charge in [0.2, 0.25) is 9.84 Å². The molecule has 3 N–H and O–H groups in total. The molecule has 0 saturated carbocycles. The number of sulfone groups is 1. The molecule has 0 bridgehead atoms. The molecular weight excluding hydrogens is 627 g/mol. The van der Waals surface area contributed by atoms with Crippen molar-refractivity contribution in [1.82, 2.24) is 15.0 Å². The molecule has 4 aromatic rings. The van der Waals surface area contributed by atoms with Gasteiger partial charge in [0.1, 0.15) is 22.5 Å². The van der Waals surface area contributed by atoms with E-state index >= 15 is 0 Å². The Morgan fingerprint density at radius 3 is 2.17 bits per heavy atom. The molecule has 1 aromatic carbocycles. The fourth-order valence-corrected chi connectivity index (χ4v) is 7.22. The van der Waals surface area contributed by atoms with E-state index in [4.69, 9.17) is 10.5 Å². The molecule has 2 atom stereocenters. The fraction of sp³-hybridized carbons (Fsp3) is 0.364. The van der Waals surface area contributed by atoms with E-state index in [1.165, 1.54) is 41.8 Å². The minimum Gasteiger partial charge on any atom is -0.480 e. The van der Waals surface area contributed by atoms with Crippen LogP contribution in [0.25, 0.3) is 10.6 Å². The molecule has 0 aliphatic carbocycles. The number of rotatable bonds is 9. The van der Waals surface area contributed by atoms with Crippen molar-refractivity contribution in [3.63, 3.8) is 0 Å². The largest absolute Gasteiger partial charge is 0.480 e. The highest BCUT2D eigenvalue weighted by molar-refractivity contribution is 7.92. The number of aromatic nitrogens is 3. The topological polar surface area (TPSA) is 166 Å². The van der Waals surface area contributed by atoms with Crippen LogP contribution < -0.4 is 10.6 Å². The van der Waals surface area contributed by atoms with Gasteiger partial charge in [0, 0.05) is 29.3 Å². The normalized spacial score (nSPS) is 14.3. The van der Waals surface area contributed by atoms with Gasteiger partial charge in [-0.25, -0.2) is 37.9 Å². The summed E-state index contributed by atoms with van der Waals surface area (Å²) >= 11 is 1.54. The Morgan fingerprint density at radius 2 is 1.65 bits per heavy atom. The first-order chi connectivity index (χ1) is 21.3. The van der Waals surface area contributed by atoms with Gasteiger partial charge in [0.05, 0.1) is 5.69 Å². The lowest BCUT2D eigenvalue weighted by Crippen LogP contribution is -2.54. The monoisotopic (exact) mass is 665 g/mol. The SMILES string of the molecule is Cc1cnc(-c2ccc(CC(N)(c3cccc(N(C(=O)OC(C)(C)C)C(C(=O)O)C(C)(C)C)n3)S(=O)(=O)c3ccccn3)cc2)s1. The molecule has 3 aromatic heterocycles. The molecule has 1 amide bonds. The van der Waals surface area contributed by atoms with Gasteiger partial charge >= 0.3 is 12.1 Å². The highest BCUT2D eigenvalue weighted by Gasteiger charge is 2.47. The molecule has 3 heterocycles. The summed E-state index contributed by atoms with van der Waals surface area (Å²) in [6, 6.07) is 14.6. The van der Waals surface area contributed by atoms with Gasteiger partial charge in [-0.1, -0.05) is 57.2 Å². The maximum absolute atomic E-state index is 14.3. The predicted octanol–water partition coefficient (Wildman–Crippen LogP) is 5.98. The number of hydrogen-bond acceptors (Lipinski definition) is 10. The second kappa shape index (κ2) is 12.9. The van der Waals surface area contributed by atoms with E-state index in [1.807, 2.05) is 19.1 Å². The summed E-state index contributed by atoms with van der Waals surface area (Å²) < 4.78 is 34.2. The van der Waals surface area contributed by atoms with Gasteiger partial charge in [-0.05, 0) is 62.9 Å². The number of aryl methyl sites for hydroxylation is 1. The van der Waals surface area contributed by atoms with Crippen molar-refractivity contribution < 1.29 is 27.9 Å². The van der Waals surface area contributed by atoms with E-state index in [-0.39, 0.29) is 23.0 Å². The summed E-state index contributed by atoms with van der Waals surface area (Å²) in [5.41, 5.74) is 6.34. The minimum atomic E-state index is -4.42. The summed E-state index contributed by atoms with van der Waals surface area (Å²) in [5.74, 6) is -1.42. The number of ether oxygens (including phenoxy) is 1. The zero-order valence-corrected chi connectivity index (χ0v) is 28.5. The predicted molar refractivity (Wildman–Crippen MR) is 177 cm³/mol. The van der Waals surface area contributed by atoms with E-state index in [0.717, 1.165) is 20.3 Å². The summed E-state index contributed by atoms with van der Waals surface area (Å²) in [6.45, 7) is 11.9. The van der Waals surface area contributed by atoms with Crippen LogP contribution in [0.3, 0.4) is 0 Å². The fourth-order valence-electron chi connectivity index (χ4n) is 4.88. The Hall–Kier alpha value is -4.20. The van der Waals surface area contributed by atoms with Crippen molar-refractivity contribution >= 4 is 39.1 Å². The van der Waals surface area contributed by atoms with Gasteiger partial charge in [-0.2, -0.15) is 0 Å². The Bertz CT molecular complexity index is 1810. The number of thiazole rings is 1. The lowest BCUT2D eigenvalue weighted by atomic mass is 9.85. The number of hydrogen-bond donors (Lipinski definition) is 2. The highest BCUT2D eigenvalue weighted by atomic mass is 32.2. The van der Waals surface area contributed by atoms with E-state index in [1.54, 1.807) is 72.0 Å². The number of aliphatic carboxylic acids is 1. The molecule has 46 heavy (non-hydrogen) atoms. The third kappa shape index (κ3) is 7.43. The number of benzene rings is 1. The molecule has 0 saturated heterocycles. The maximum Gasteiger partial charge on any atom is 0.416 e. The smallest absolute Gasteiger partial charge is 0.416 e. The molecule has 0 radical (unpaired) electrons. The summed E-state index contributed by atoms with van der Waals surface area (Å²) in [6.07, 6.45) is 1.97. The lowest BCUT2D eigenvalue weighted by molar-refractivity contribution is -0.141. The van der Waals surface area contributed by atoms with Crippen LogP contribution in [0.1, 0.15) is 57.7 Å². The van der Waals surface area contributed by atoms with Crippen molar-refractivity contribution in [2.24, 2.45) is 11.1 Å². The van der Waals surface area contributed by atoms with Crippen molar-refractivity contribution in [3.05, 3.63) is 89.2 Å². The lowest BCUT2D eigenvalue weighted by Gasteiger charge is -2.37. The van der Waals surface area contributed by atoms with Crippen molar-refractivity contribution in [3.8, 4) is 10.6 Å². The van der Waals surface area contributed by atoms with Crippen LogP contribution in [0, 0.1) is 12.3 Å². The van der Waals surface area contributed by atoms with Crippen LogP contribution in [0.2, 0.25) is 0 Å². The first kappa shape index (κ1) is 34.7. The standard InChI is InChI=1S/C33H39N5O6S2/c1-21-20-36-28(45-21)23-16-14-22(15-17-23)19-33(34,46(42,43)26-13-8-9-18-35-26)24-11-10-12-25(37-24)38(30(41)44-32(5,6)7)27(29(39)40)31(2,3)4/h8-18,20,27H,19,34H2,1-7H3,(H,39,40). The van der Waals surface area contributed by atoms with Crippen molar-refractivity contribution in [1.29, 1.82) is 0 Å². The molecule has 0 spiro atoms. The number of carbonyl (C=O) groups excluding carboxylic acids is 1. The van der Waals surface area contributed by atoms with Crippen LogP contribution in [-0.4, -0.2) is 52.2 Å². The Balaban J connectivity index is 1.89. The molecule has 0 aliphatic heterocycles. The number of pyridine rings is 2. The second-order valence-corrected chi connectivity index (χ2v) is 16.4. The molecule has 4 rings (SSSR count). The van der Waals surface area contributed by atoms with E-state index in [9.17, 15) is 23.1 Å². The van der Waals surface area contributed by atoms with E-state index in [0.29, 0.717) is 5.56 Å². The maximum atomic E-state index is 14.3. The van der Waals surface area contributed by atoms with E-state index < -0.39 is 43.8 Å². The second-order valence-electron chi connectivity index (χ2n) is 13.0. The number of nitrogens with two attached hydrogens (primary N) is 1. The van der Waals surface area contributed by atoms with Crippen LogP contribution in [-0.2, 0) is 30.7 Å². The van der Waals surface area contributed by atoms with Crippen molar-refractivity contribution in [2.75, 3.05) is 4.90 Å². The highest BCUT2D eigenvalue weighted by Crippen LogP contribution is 2.36. The minimum absolute atomic E-state index is 0.109. The molecule has 2 unspecified atom stereocenters. The number of carbonyl (C=O) groups is 2. The summed E-state index contributed by atoms with van der Waals surface area (Å²) in [5, 5.41) is 10.9. The Kier molecular flexibility index (Phi) is 9.72. The zero-order valence-electron chi connectivity index (χ0n) is 26.9. The van der Waals surface area contributed by atoms with E-state index in [2.05, 4.69) is 15.0 Å². The van der Waals surface area contributed by atoms with Crippen LogP contribution >= 0.6 is 11.3 Å². The van der Waals surface area contributed by atoms with Gasteiger partial charge in [0.25, 0.3) is 0 Å². The number of nitrogens with zero attached hydrogens (tertiary/aromatic N) is 4. The molecule has 244 valence electrons. The van der Waals surface area contributed by atoms with Crippen LogP contribution in [0.5, 0.6) is 0 Å². The quantitative estimate of drug-likeness (QED) is 0.217. The number of carboxylic acids is 1.